The first-order chi connectivity index (χ1) is 10.8. The third kappa shape index (κ3) is 2.20. The van der Waals surface area contributed by atoms with Crippen molar-refractivity contribution in [1.29, 1.82) is 0 Å². The minimum atomic E-state index is -1.17. The minimum Gasteiger partial charge on any atom is -0.504 e. The van der Waals surface area contributed by atoms with Crippen molar-refractivity contribution in [3.63, 3.8) is 0 Å². The second-order valence-corrected chi connectivity index (χ2v) is 5.26. The van der Waals surface area contributed by atoms with Gasteiger partial charge in [0.2, 0.25) is 17.2 Å². The second-order valence-electron chi connectivity index (χ2n) is 5.26. The van der Waals surface area contributed by atoms with E-state index in [4.69, 9.17) is 4.74 Å². The standard InChI is InChI=1S/C15H14O8/c16-7-2-1-5(3-8(7)17)14-9(18)4-6-10(19)11(20)12(21)13(22)15(6)23-14/h1-3,9,14,16-22H,4H2/t9-,14?/m0/s1. The van der Waals surface area contributed by atoms with E-state index in [1.807, 2.05) is 0 Å². The van der Waals surface area contributed by atoms with E-state index in [0.29, 0.717) is 5.56 Å². The predicted molar refractivity (Wildman–Crippen MR) is 76.0 cm³/mol. The summed E-state index contributed by atoms with van der Waals surface area (Å²) in [5.41, 5.74) is 0.259. The highest BCUT2D eigenvalue weighted by Crippen LogP contribution is 2.54. The van der Waals surface area contributed by atoms with Crippen LogP contribution in [0.3, 0.4) is 0 Å². The van der Waals surface area contributed by atoms with E-state index in [1.54, 1.807) is 0 Å². The first kappa shape index (κ1) is 14.9. The molecule has 0 fully saturated rings. The number of aromatic hydroxyl groups is 6. The highest BCUT2D eigenvalue weighted by Gasteiger charge is 2.36. The maximum atomic E-state index is 10.2. The first-order valence-electron chi connectivity index (χ1n) is 6.66. The number of ether oxygens (including phenoxy) is 1. The van der Waals surface area contributed by atoms with Crippen molar-refractivity contribution >= 4 is 0 Å². The van der Waals surface area contributed by atoms with Crippen molar-refractivity contribution in [2.24, 2.45) is 0 Å². The van der Waals surface area contributed by atoms with Gasteiger partial charge in [0.15, 0.2) is 29.1 Å². The Morgan fingerprint density at radius 2 is 1.48 bits per heavy atom. The van der Waals surface area contributed by atoms with Gasteiger partial charge in [-0.05, 0) is 17.7 Å². The largest absolute Gasteiger partial charge is 0.504 e. The van der Waals surface area contributed by atoms with Gasteiger partial charge in [-0.15, -0.1) is 0 Å². The lowest BCUT2D eigenvalue weighted by Gasteiger charge is -2.32. The number of fused-ring (bicyclic) bond motifs is 1. The maximum absolute atomic E-state index is 10.2. The Morgan fingerprint density at radius 1 is 0.826 bits per heavy atom. The molecule has 1 aliphatic rings. The van der Waals surface area contributed by atoms with Gasteiger partial charge in [-0.3, -0.25) is 0 Å². The molecule has 2 aromatic rings. The predicted octanol–water partition coefficient (Wildman–Crippen LogP) is 0.957. The van der Waals surface area contributed by atoms with Crippen LogP contribution in [0.4, 0.5) is 0 Å². The summed E-state index contributed by atoms with van der Waals surface area (Å²) < 4.78 is 5.45. The topological polar surface area (TPSA) is 151 Å². The number of hydrogen-bond acceptors (Lipinski definition) is 8. The molecule has 0 saturated heterocycles. The Labute approximate surface area is 129 Å². The van der Waals surface area contributed by atoms with E-state index in [-0.39, 0.29) is 23.5 Å². The van der Waals surface area contributed by atoms with Gasteiger partial charge in [0.05, 0.1) is 6.10 Å². The van der Waals surface area contributed by atoms with Crippen LogP contribution >= 0.6 is 0 Å². The summed E-state index contributed by atoms with van der Waals surface area (Å²) in [5, 5.41) is 67.9. The fraction of sp³-hybridized carbons (Fsp3) is 0.200. The fourth-order valence-electron chi connectivity index (χ4n) is 2.57. The Bertz CT molecular complexity index is 786. The van der Waals surface area contributed by atoms with Crippen molar-refractivity contribution < 1.29 is 40.5 Å². The molecule has 1 unspecified atom stereocenters. The van der Waals surface area contributed by atoms with Crippen LogP contribution in [0.5, 0.6) is 40.2 Å². The molecular weight excluding hydrogens is 308 g/mol. The molecule has 0 saturated carbocycles. The number of benzene rings is 2. The summed E-state index contributed by atoms with van der Waals surface area (Å²) in [6, 6.07) is 3.80. The quantitative estimate of drug-likeness (QED) is 0.303. The van der Waals surface area contributed by atoms with Crippen LogP contribution in [0.2, 0.25) is 0 Å². The van der Waals surface area contributed by atoms with Crippen LogP contribution in [-0.4, -0.2) is 41.8 Å². The fourth-order valence-corrected chi connectivity index (χ4v) is 2.57. The van der Waals surface area contributed by atoms with Crippen LogP contribution < -0.4 is 4.74 Å². The van der Waals surface area contributed by atoms with E-state index in [2.05, 4.69) is 0 Å². The number of hydrogen-bond donors (Lipinski definition) is 7. The van der Waals surface area contributed by atoms with Crippen molar-refractivity contribution in [3.8, 4) is 40.2 Å². The summed E-state index contributed by atoms with van der Waals surface area (Å²) in [4.78, 5) is 0. The van der Waals surface area contributed by atoms with Crippen molar-refractivity contribution in [2.75, 3.05) is 0 Å². The van der Waals surface area contributed by atoms with Crippen molar-refractivity contribution in [1.82, 2.24) is 0 Å². The van der Waals surface area contributed by atoms with Gasteiger partial charge in [-0.1, -0.05) is 6.07 Å². The van der Waals surface area contributed by atoms with Crippen LogP contribution in [0, 0.1) is 0 Å². The molecule has 23 heavy (non-hydrogen) atoms. The SMILES string of the molecule is Oc1ccc(C2Oc3c(O)c(O)c(O)c(O)c3C[C@@H]2O)cc1O. The molecule has 122 valence electrons. The Balaban J connectivity index is 2.08. The molecule has 8 nitrogen and oxygen atoms in total. The average molecular weight is 322 g/mol. The van der Waals surface area contributed by atoms with E-state index in [1.165, 1.54) is 18.2 Å². The number of aliphatic hydroxyl groups excluding tert-OH is 1. The lowest BCUT2D eigenvalue weighted by Crippen LogP contribution is -2.30. The van der Waals surface area contributed by atoms with Gasteiger partial charge in [0, 0.05) is 12.0 Å². The average Bonchev–Trinajstić information content (AvgIpc) is 2.53. The molecule has 1 heterocycles. The molecule has 8 heteroatoms. The minimum absolute atomic E-state index is 0.0513. The number of aliphatic hydroxyl groups is 1. The molecule has 0 spiro atoms. The van der Waals surface area contributed by atoms with Crippen LogP contribution in [-0.2, 0) is 6.42 Å². The molecule has 0 aliphatic carbocycles. The Kier molecular flexibility index (Phi) is 3.26. The van der Waals surface area contributed by atoms with E-state index >= 15 is 0 Å². The molecule has 0 radical (unpaired) electrons. The van der Waals surface area contributed by atoms with Gasteiger partial charge in [-0.25, -0.2) is 0 Å². The zero-order valence-corrected chi connectivity index (χ0v) is 11.6. The second kappa shape index (κ2) is 5.03. The number of phenolic OH excluding ortho intramolecular Hbond substituents is 6. The first-order valence-corrected chi connectivity index (χ1v) is 6.66. The van der Waals surface area contributed by atoms with Gasteiger partial charge in [0.1, 0.15) is 0 Å². The zero-order chi connectivity index (χ0) is 16.9. The summed E-state index contributed by atoms with van der Waals surface area (Å²) in [6.07, 6.45) is -2.36. The maximum Gasteiger partial charge on any atom is 0.208 e. The smallest absolute Gasteiger partial charge is 0.208 e. The normalized spacial score (nSPS) is 19.9. The summed E-state index contributed by atoms with van der Waals surface area (Å²) in [6.45, 7) is 0. The number of rotatable bonds is 1. The molecule has 3 rings (SSSR count). The van der Waals surface area contributed by atoms with Gasteiger partial charge in [0.25, 0.3) is 0 Å². The van der Waals surface area contributed by atoms with E-state index < -0.39 is 41.0 Å². The molecule has 2 atom stereocenters. The van der Waals surface area contributed by atoms with E-state index in [9.17, 15) is 35.7 Å². The summed E-state index contributed by atoms with van der Waals surface area (Å²) >= 11 is 0. The van der Waals surface area contributed by atoms with Crippen LogP contribution in [0.25, 0.3) is 0 Å². The summed E-state index contributed by atoms with van der Waals surface area (Å²) in [7, 11) is 0. The highest BCUT2D eigenvalue weighted by molar-refractivity contribution is 5.68. The van der Waals surface area contributed by atoms with E-state index in [0.717, 1.165) is 0 Å². The molecule has 0 amide bonds. The van der Waals surface area contributed by atoms with Crippen molar-refractivity contribution in [2.45, 2.75) is 18.6 Å². The van der Waals surface area contributed by atoms with Crippen LogP contribution in [0.15, 0.2) is 18.2 Å². The Hall–Kier alpha value is -3.00. The zero-order valence-electron chi connectivity index (χ0n) is 11.6. The Morgan fingerprint density at radius 3 is 2.13 bits per heavy atom. The molecule has 0 bridgehead atoms. The highest BCUT2D eigenvalue weighted by atomic mass is 16.5. The molecule has 1 aliphatic heterocycles. The molecule has 2 aromatic carbocycles. The molecular formula is C15H14O8. The lowest BCUT2D eigenvalue weighted by molar-refractivity contribution is 0.0175. The molecule has 0 aromatic heterocycles. The third-order valence-electron chi connectivity index (χ3n) is 3.78. The van der Waals surface area contributed by atoms with Crippen LogP contribution in [0.1, 0.15) is 17.2 Å². The lowest BCUT2D eigenvalue weighted by atomic mass is 9.93. The van der Waals surface area contributed by atoms with Gasteiger partial charge in [-0.2, -0.15) is 0 Å². The molecule has 7 N–H and O–H groups in total. The van der Waals surface area contributed by atoms with Crippen molar-refractivity contribution in [3.05, 3.63) is 29.3 Å². The monoisotopic (exact) mass is 322 g/mol. The van der Waals surface area contributed by atoms with Gasteiger partial charge < -0.3 is 40.5 Å². The summed E-state index contributed by atoms with van der Waals surface area (Å²) in [5.74, 6) is -4.34. The third-order valence-corrected chi connectivity index (χ3v) is 3.78. The van der Waals surface area contributed by atoms with Gasteiger partial charge >= 0.3 is 0 Å². The number of phenols is 6.